The van der Waals surface area contributed by atoms with Gasteiger partial charge in [0.2, 0.25) is 0 Å². The Morgan fingerprint density at radius 2 is 1.90 bits per heavy atom. The summed E-state index contributed by atoms with van der Waals surface area (Å²) >= 11 is 3.48. The van der Waals surface area contributed by atoms with E-state index in [4.69, 9.17) is 5.73 Å². The second-order valence-electron chi connectivity index (χ2n) is 5.41. The van der Waals surface area contributed by atoms with Gasteiger partial charge in [-0.1, -0.05) is 34.1 Å². The van der Waals surface area contributed by atoms with Gasteiger partial charge in [0.15, 0.2) is 0 Å². The zero-order valence-corrected chi connectivity index (χ0v) is 14.1. The van der Waals surface area contributed by atoms with Crippen LogP contribution in [0.2, 0.25) is 0 Å². The van der Waals surface area contributed by atoms with Crippen LogP contribution < -0.4 is 5.73 Å². The van der Waals surface area contributed by atoms with E-state index in [1.807, 2.05) is 18.3 Å². The number of likely N-dealkylation sites (N-methyl/N-ethyl adjacent to an activating group) is 1. The van der Waals surface area contributed by atoms with E-state index in [0.717, 1.165) is 23.1 Å². The van der Waals surface area contributed by atoms with Crippen molar-refractivity contribution in [3.05, 3.63) is 64.4 Å². The Labute approximate surface area is 135 Å². The van der Waals surface area contributed by atoms with Crippen molar-refractivity contribution in [2.45, 2.75) is 25.4 Å². The van der Waals surface area contributed by atoms with Crippen LogP contribution >= 0.6 is 15.9 Å². The number of nitrogens with two attached hydrogens (primary N) is 1. The first-order chi connectivity index (χ1) is 10.1. The van der Waals surface area contributed by atoms with Gasteiger partial charge in [-0.05, 0) is 43.8 Å². The molecule has 2 rings (SSSR count). The number of pyridine rings is 1. The van der Waals surface area contributed by atoms with Crippen LogP contribution in [0.5, 0.6) is 0 Å². The third-order valence-corrected chi connectivity index (χ3v) is 4.16. The van der Waals surface area contributed by atoms with Crippen molar-refractivity contribution in [2.24, 2.45) is 5.73 Å². The highest BCUT2D eigenvalue weighted by atomic mass is 79.9. The fourth-order valence-corrected chi connectivity index (χ4v) is 2.86. The summed E-state index contributed by atoms with van der Waals surface area (Å²) in [5, 5.41) is 0. The van der Waals surface area contributed by atoms with E-state index in [1.165, 1.54) is 5.56 Å². The Bertz CT molecular complexity index is 540. The fourth-order valence-electron chi connectivity index (χ4n) is 2.60. The normalized spacial score (nSPS) is 14.1. The zero-order chi connectivity index (χ0) is 15.2. The van der Waals surface area contributed by atoms with E-state index in [9.17, 15) is 0 Å². The number of nitrogens with zero attached hydrogens (tertiary/aromatic N) is 2. The minimum Gasteiger partial charge on any atom is -0.326 e. The molecule has 1 aromatic heterocycles. The molecule has 0 aliphatic rings. The lowest BCUT2D eigenvalue weighted by atomic mass is 9.99. The number of benzene rings is 1. The van der Waals surface area contributed by atoms with E-state index < -0.39 is 0 Å². The van der Waals surface area contributed by atoms with Crippen molar-refractivity contribution in [1.29, 1.82) is 0 Å². The van der Waals surface area contributed by atoms with Crippen LogP contribution in [0.3, 0.4) is 0 Å². The molecule has 4 heteroatoms. The van der Waals surface area contributed by atoms with Crippen molar-refractivity contribution < 1.29 is 0 Å². The molecule has 1 heterocycles. The molecule has 0 aliphatic carbocycles. The Hall–Kier alpha value is -1.23. The highest BCUT2D eigenvalue weighted by Gasteiger charge is 2.20. The first-order valence-corrected chi connectivity index (χ1v) is 7.98. The van der Waals surface area contributed by atoms with Crippen LogP contribution in [0.25, 0.3) is 0 Å². The van der Waals surface area contributed by atoms with Crippen LogP contribution in [-0.2, 0) is 6.42 Å². The summed E-state index contributed by atoms with van der Waals surface area (Å²) < 4.78 is 1.09. The molecule has 0 saturated carbocycles. The summed E-state index contributed by atoms with van der Waals surface area (Å²) in [7, 11) is 2.12. The number of aromatic nitrogens is 1. The first kappa shape index (κ1) is 16.1. The van der Waals surface area contributed by atoms with Gasteiger partial charge >= 0.3 is 0 Å². The average molecular weight is 348 g/mol. The number of hydrogen-bond acceptors (Lipinski definition) is 3. The van der Waals surface area contributed by atoms with Crippen molar-refractivity contribution >= 4 is 15.9 Å². The van der Waals surface area contributed by atoms with E-state index in [-0.39, 0.29) is 12.1 Å². The van der Waals surface area contributed by atoms with Crippen LogP contribution in [0, 0.1) is 0 Å². The number of hydrogen-bond donors (Lipinski definition) is 1. The molecule has 112 valence electrons. The maximum atomic E-state index is 6.21. The minimum absolute atomic E-state index is 0.0694. The van der Waals surface area contributed by atoms with E-state index in [2.05, 4.69) is 70.1 Å². The van der Waals surface area contributed by atoms with Crippen molar-refractivity contribution in [2.75, 3.05) is 13.6 Å². The SMILES string of the molecule is CC(N)C(c1ccc(Br)cc1)N(C)CCc1ccccn1. The molecular formula is C17H22BrN3. The van der Waals surface area contributed by atoms with Gasteiger partial charge in [0.05, 0.1) is 0 Å². The van der Waals surface area contributed by atoms with Crippen LogP contribution in [0.4, 0.5) is 0 Å². The lowest BCUT2D eigenvalue weighted by molar-refractivity contribution is 0.221. The van der Waals surface area contributed by atoms with Crippen molar-refractivity contribution in [1.82, 2.24) is 9.88 Å². The largest absolute Gasteiger partial charge is 0.326 e. The molecule has 0 fully saturated rings. The smallest absolute Gasteiger partial charge is 0.0493 e. The summed E-state index contributed by atoms with van der Waals surface area (Å²) in [6.45, 7) is 2.99. The summed E-state index contributed by atoms with van der Waals surface area (Å²) in [4.78, 5) is 6.68. The van der Waals surface area contributed by atoms with Crippen LogP contribution in [0.15, 0.2) is 53.1 Å². The third kappa shape index (κ3) is 4.63. The van der Waals surface area contributed by atoms with E-state index >= 15 is 0 Å². The van der Waals surface area contributed by atoms with Gasteiger partial charge in [-0.2, -0.15) is 0 Å². The molecule has 3 nitrogen and oxygen atoms in total. The van der Waals surface area contributed by atoms with Crippen LogP contribution in [-0.4, -0.2) is 29.5 Å². The van der Waals surface area contributed by atoms with Gasteiger partial charge in [-0.3, -0.25) is 9.88 Å². The summed E-state index contributed by atoms with van der Waals surface area (Å²) in [5.74, 6) is 0. The standard InChI is InChI=1S/C17H22BrN3/c1-13(19)17(14-6-8-15(18)9-7-14)21(2)12-10-16-5-3-4-11-20-16/h3-9,11,13,17H,10,12,19H2,1-2H3. The second-order valence-corrected chi connectivity index (χ2v) is 6.32. The quantitative estimate of drug-likeness (QED) is 0.870. The summed E-state index contributed by atoms with van der Waals surface area (Å²) in [5.41, 5.74) is 8.57. The monoisotopic (exact) mass is 347 g/mol. The Morgan fingerprint density at radius 3 is 2.48 bits per heavy atom. The first-order valence-electron chi connectivity index (χ1n) is 7.19. The molecule has 2 aromatic rings. The van der Waals surface area contributed by atoms with Gasteiger partial charge in [0, 0.05) is 41.4 Å². The van der Waals surface area contributed by atoms with E-state index in [0.29, 0.717) is 0 Å². The van der Waals surface area contributed by atoms with Gasteiger partial charge in [-0.25, -0.2) is 0 Å². The molecule has 21 heavy (non-hydrogen) atoms. The maximum absolute atomic E-state index is 6.21. The molecule has 0 radical (unpaired) electrons. The van der Waals surface area contributed by atoms with Gasteiger partial charge < -0.3 is 5.73 Å². The fraction of sp³-hybridized carbons (Fsp3) is 0.353. The average Bonchev–Trinajstić information content (AvgIpc) is 2.48. The molecule has 0 saturated heterocycles. The highest BCUT2D eigenvalue weighted by molar-refractivity contribution is 9.10. The molecule has 2 N–H and O–H groups in total. The molecule has 0 aliphatic heterocycles. The Balaban J connectivity index is 2.05. The zero-order valence-electron chi connectivity index (χ0n) is 12.5. The maximum Gasteiger partial charge on any atom is 0.0493 e. The Kier molecular flexibility index (Phi) is 5.91. The molecule has 2 unspecified atom stereocenters. The predicted octanol–water partition coefficient (Wildman–Crippen LogP) is 3.41. The second kappa shape index (κ2) is 7.69. The Morgan fingerprint density at radius 1 is 1.19 bits per heavy atom. The summed E-state index contributed by atoms with van der Waals surface area (Å²) in [6.07, 6.45) is 2.77. The van der Waals surface area contributed by atoms with Gasteiger partial charge in [-0.15, -0.1) is 0 Å². The summed E-state index contributed by atoms with van der Waals surface area (Å²) in [6, 6.07) is 14.7. The van der Waals surface area contributed by atoms with Gasteiger partial charge in [0.1, 0.15) is 0 Å². The molecule has 2 atom stereocenters. The third-order valence-electron chi connectivity index (χ3n) is 3.63. The van der Waals surface area contributed by atoms with Crippen molar-refractivity contribution in [3.63, 3.8) is 0 Å². The topological polar surface area (TPSA) is 42.1 Å². The van der Waals surface area contributed by atoms with Gasteiger partial charge in [0.25, 0.3) is 0 Å². The molecule has 0 bridgehead atoms. The van der Waals surface area contributed by atoms with E-state index in [1.54, 1.807) is 0 Å². The lowest BCUT2D eigenvalue weighted by Gasteiger charge is -2.31. The molecular weight excluding hydrogens is 326 g/mol. The molecule has 0 spiro atoms. The molecule has 1 aromatic carbocycles. The number of halogens is 1. The lowest BCUT2D eigenvalue weighted by Crippen LogP contribution is -2.38. The van der Waals surface area contributed by atoms with Crippen molar-refractivity contribution in [3.8, 4) is 0 Å². The molecule has 0 amide bonds. The minimum atomic E-state index is 0.0694. The number of rotatable bonds is 6. The predicted molar refractivity (Wildman–Crippen MR) is 91.1 cm³/mol. The van der Waals surface area contributed by atoms with Crippen LogP contribution in [0.1, 0.15) is 24.2 Å². The highest BCUT2D eigenvalue weighted by Crippen LogP contribution is 2.24.